The quantitative estimate of drug-likeness (QED) is 0.508. The van der Waals surface area contributed by atoms with E-state index in [9.17, 15) is 9.90 Å². The molecule has 7 heteroatoms. The molecule has 122 valence electrons. The zero-order chi connectivity index (χ0) is 17.1. The number of phenols is 1. The summed E-state index contributed by atoms with van der Waals surface area (Å²) in [6, 6.07) is 12.1. The number of hydrogen-bond donors (Lipinski definition) is 3. The largest absolute Gasteiger partial charge is 0.508 e. The number of aryl methyl sites for hydroxylation is 1. The zero-order valence-electron chi connectivity index (χ0n) is 13.3. The minimum absolute atomic E-state index is 0.182. The van der Waals surface area contributed by atoms with Gasteiger partial charge in [-0.25, -0.2) is 5.43 Å². The highest BCUT2D eigenvalue weighted by Gasteiger charge is 2.12. The second-order valence-corrected chi connectivity index (χ2v) is 5.36. The van der Waals surface area contributed by atoms with E-state index in [1.165, 1.54) is 0 Å². The van der Waals surface area contributed by atoms with Crippen LogP contribution in [-0.4, -0.2) is 31.5 Å². The van der Waals surface area contributed by atoms with Gasteiger partial charge in [0, 0.05) is 13.2 Å². The number of amides is 1. The first-order valence-electron chi connectivity index (χ1n) is 7.36. The molecule has 0 saturated heterocycles. The minimum atomic E-state index is -0.374. The number of aromatic hydroxyl groups is 1. The lowest BCUT2D eigenvalue weighted by atomic mass is 10.1. The molecule has 1 amide bonds. The Kier molecular flexibility index (Phi) is 4.15. The van der Waals surface area contributed by atoms with E-state index in [4.69, 9.17) is 0 Å². The van der Waals surface area contributed by atoms with Crippen LogP contribution in [0.2, 0.25) is 0 Å². The third-order valence-corrected chi connectivity index (χ3v) is 3.64. The maximum atomic E-state index is 12.2. The maximum Gasteiger partial charge on any atom is 0.289 e. The van der Waals surface area contributed by atoms with Gasteiger partial charge in [0.05, 0.1) is 11.4 Å². The Balaban J connectivity index is 1.71. The van der Waals surface area contributed by atoms with Crippen molar-refractivity contribution in [3.05, 3.63) is 59.9 Å². The number of rotatable bonds is 4. The van der Waals surface area contributed by atoms with Gasteiger partial charge in [-0.1, -0.05) is 0 Å². The summed E-state index contributed by atoms with van der Waals surface area (Å²) in [7, 11) is 1.91. The number of nitrogens with one attached hydrogen (secondary N) is 2. The van der Waals surface area contributed by atoms with Gasteiger partial charge in [-0.05, 0) is 55.0 Å². The average Bonchev–Trinajstić information content (AvgIpc) is 3.21. The smallest absolute Gasteiger partial charge is 0.289 e. The fourth-order valence-corrected chi connectivity index (χ4v) is 2.26. The van der Waals surface area contributed by atoms with E-state index < -0.39 is 0 Å². The number of phenolic OH excluding ortho intramolecular Hbond substituents is 1. The molecule has 0 aliphatic carbocycles. The fraction of sp³-hybridized carbons (Fsp3) is 0.118. The van der Waals surface area contributed by atoms with Gasteiger partial charge in [0.1, 0.15) is 17.1 Å². The van der Waals surface area contributed by atoms with Crippen molar-refractivity contribution in [2.75, 3.05) is 0 Å². The van der Waals surface area contributed by atoms with Crippen molar-refractivity contribution in [2.45, 2.75) is 6.92 Å². The van der Waals surface area contributed by atoms with Crippen molar-refractivity contribution in [3.8, 4) is 17.1 Å². The summed E-state index contributed by atoms with van der Waals surface area (Å²) in [5.74, 6) is -0.192. The Morgan fingerprint density at radius 3 is 2.71 bits per heavy atom. The molecule has 0 aliphatic rings. The second-order valence-electron chi connectivity index (χ2n) is 5.36. The Bertz CT molecular complexity index is 890. The number of carbonyl (C=O) groups is 1. The number of aromatic nitrogens is 3. The first kappa shape index (κ1) is 15.5. The summed E-state index contributed by atoms with van der Waals surface area (Å²) in [6.07, 6.45) is 1.91. The Hall–Kier alpha value is -3.35. The predicted octanol–water partition coefficient (Wildman–Crippen LogP) is 2.27. The molecule has 0 aliphatic heterocycles. The molecule has 0 atom stereocenters. The van der Waals surface area contributed by atoms with Crippen LogP contribution in [0.15, 0.2) is 53.8 Å². The molecular formula is C17H17N5O2. The molecule has 1 aromatic carbocycles. The lowest BCUT2D eigenvalue weighted by Crippen LogP contribution is -2.19. The number of carbonyl (C=O) groups excluding carboxylic acids is 1. The Morgan fingerprint density at radius 1 is 1.29 bits per heavy atom. The SMILES string of the molecule is CC(=NNC(=O)c1cc(-c2cccn2C)n[nH]1)c1ccc(O)cc1. The van der Waals surface area contributed by atoms with Crippen molar-refractivity contribution in [3.63, 3.8) is 0 Å². The van der Waals surface area contributed by atoms with E-state index >= 15 is 0 Å². The molecular weight excluding hydrogens is 306 g/mol. The first-order valence-corrected chi connectivity index (χ1v) is 7.36. The number of hydrazone groups is 1. The van der Waals surface area contributed by atoms with Crippen LogP contribution in [-0.2, 0) is 7.05 Å². The molecule has 0 fully saturated rings. The van der Waals surface area contributed by atoms with Crippen LogP contribution in [0.25, 0.3) is 11.4 Å². The van der Waals surface area contributed by atoms with E-state index in [-0.39, 0.29) is 11.7 Å². The molecule has 3 aromatic rings. The molecule has 24 heavy (non-hydrogen) atoms. The summed E-state index contributed by atoms with van der Waals surface area (Å²) >= 11 is 0. The van der Waals surface area contributed by atoms with Gasteiger partial charge in [-0.2, -0.15) is 10.2 Å². The Morgan fingerprint density at radius 2 is 2.04 bits per heavy atom. The van der Waals surface area contributed by atoms with Crippen molar-refractivity contribution in [2.24, 2.45) is 12.1 Å². The fourth-order valence-electron chi connectivity index (χ4n) is 2.26. The molecule has 7 nitrogen and oxygen atoms in total. The summed E-state index contributed by atoms with van der Waals surface area (Å²) in [5.41, 5.74) is 5.86. The van der Waals surface area contributed by atoms with Gasteiger partial charge >= 0.3 is 0 Å². The van der Waals surface area contributed by atoms with Crippen molar-refractivity contribution < 1.29 is 9.90 Å². The van der Waals surface area contributed by atoms with Crippen LogP contribution in [0.5, 0.6) is 5.75 Å². The van der Waals surface area contributed by atoms with E-state index in [2.05, 4.69) is 20.7 Å². The van der Waals surface area contributed by atoms with Crippen LogP contribution in [0.1, 0.15) is 23.0 Å². The molecule has 2 aromatic heterocycles. The lowest BCUT2D eigenvalue weighted by molar-refractivity contribution is 0.0950. The molecule has 0 saturated carbocycles. The van der Waals surface area contributed by atoms with E-state index in [0.29, 0.717) is 17.1 Å². The summed E-state index contributed by atoms with van der Waals surface area (Å²) in [4.78, 5) is 12.2. The van der Waals surface area contributed by atoms with Crippen LogP contribution < -0.4 is 5.43 Å². The van der Waals surface area contributed by atoms with Crippen molar-refractivity contribution in [1.29, 1.82) is 0 Å². The normalized spacial score (nSPS) is 11.5. The number of nitrogens with zero attached hydrogens (tertiary/aromatic N) is 3. The van der Waals surface area contributed by atoms with E-state index in [0.717, 1.165) is 11.3 Å². The van der Waals surface area contributed by atoms with Crippen molar-refractivity contribution >= 4 is 11.6 Å². The van der Waals surface area contributed by atoms with Gasteiger partial charge in [0.2, 0.25) is 0 Å². The first-order chi connectivity index (χ1) is 11.5. The molecule has 3 N–H and O–H groups in total. The molecule has 3 rings (SSSR count). The third-order valence-electron chi connectivity index (χ3n) is 3.64. The van der Waals surface area contributed by atoms with Gasteiger partial charge in [0.15, 0.2) is 0 Å². The van der Waals surface area contributed by atoms with Gasteiger partial charge in [-0.3, -0.25) is 9.89 Å². The van der Waals surface area contributed by atoms with E-state index in [1.54, 1.807) is 37.3 Å². The topological polar surface area (TPSA) is 95.3 Å². The maximum absolute atomic E-state index is 12.2. The van der Waals surface area contributed by atoms with Crippen LogP contribution in [0.3, 0.4) is 0 Å². The van der Waals surface area contributed by atoms with E-state index in [1.807, 2.05) is 29.9 Å². The second kappa shape index (κ2) is 6.41. The summed E-state index contributed by atoms with van der Waals surface area (Å²) in [5, 5.41) is 20.2. The van der Waals surface area contributed by atoms with Crippen LogP contribution >= 0.6 is 0 Å². The van der Waals surface area contributed by atoms with Gasteiger partial charge in [-0.15, -0.1) is 0 Å². The van der Waals surface area contributed by atoms with Gasteiger partial charge in [0.25, 0.3) is 5.91 Å². The number of H-pyrrole nitrogens is 1. The highest BCUT2D eigenvalue weighted by atomic mass is 16.3. The average molecular weight is 323 g/mol. The molecule has 2 heterocycles. The zero-order valence-corrected chi connectivity index (χ0v) is 13.3. The molecule has 0 unspecified atom stereocenters. The minimum Gasteiger partial charge on any atom is -0.508 e. The third kappa shape index (κ3) is 3.19. The molecule has 0 bridgehead atoms. The number of hydrogen-bond acceptors (Lipinski definition) is 4. The number of aromatic amines is 1. The van der Waals surface area contributed by atoms with Crippen LogP contribution in [0, 0.1) is 0 Å². The summed E-state index contributed by atoms with van der Waals surface area (Å²) in [6.45, 7) is 1.77. The molecule has 0 spiro atoms. The number of benzene rings is 1. The monoisotopic (exact) mass is 323 g/mol. The predicted molar refractivity (Wildman–Crippen MR) is 90.8 cm³/mol. The standard InChI is InChI=1S/C17H17N5O2/c1-11(12-5-7-13(23)8-6-12)18-21-17(24)15-10-14(19-20-15)16-4-3-9-22(16)2/h3-10,23H,1-2H3,(H,19,20)(H,21,24). The lowest BCUT2D eigenvalue weighted by Gasteiger charge is -2.02. The van der Waals surface area contributed by atoms with Crippen LogP contribution in [0.4, 0.5) is 0 Å². The summed E-state index contributed by atoms with van der Waals surface area (Å²) < 4.78 is 1.92. The van der Waals surface area contributed by atoms with Crippen molar-refractivity contribution in [1.82, 2.24) is 20.2 Å². The van der Waals surface area contributed by atoms with Gasteiger partial charge < -0.3 is 9.67 Å². The highest BCUT2D eigenvalue weighted by molar-refractivity contribution is 6.00. The highest BCUT2D eigenvalue weighted by Crippen LogP contribution is 2.17. The Labute approximate surface area is 138 Å². The molecule has 0 radical (unpaired) electrons.